The van der Waals surface area contributed by atoms with E-state index in [0.717, 1.165) is 0 Å². The van der Waals surface area contributed by atoms with Gasteiger partial charge in [0, 0.05) is 24.4 Å². The summed E-state index contributed by atoms with van der Waals surface area (Å²) in [6.07, 6.45) is 2.24. The van der Waals surface area contributed by atoms with Gasteiger partial charge >= 0.3 is 0 Å². The molecule has 0 saturated heterocycles. The molecule has 1 aromatic carbocycles. The highest BCUT2D eigenvalue weighted by Gasteiger charge is 2.17. The summed E-state index contributed by atoms with van der Waals surface area (Å²) >= 11 is 0. The lowest BCUT2D eigenvalue weighted by Crippen LogP contribution is -2.06. The quantitative estimate of drug-likeness (QED) is 0.797. The third-order valence-electron chi connectivity index (χ3n) is 3.18. The molecule has 3 rings (SSSR count). The molecule has 0 spiro atoms. The number of rotatable bonds is 3. The lowest BCUT2D eigenvalue weighted by Gasteiger charge is -2.09. The first-order chi connectivity index (χ1) is 9.65. The maximum atomic E-state index is 13.6. The lowest BCUT2D eigenvalue weighted by molar-refractivity contribution is 0.171. The smallest absolute Gasteiger partial charge is 0.137 e. The Labute approximate surface area is 114 Å². The number of pyridine rings is 1. The van der Waals surface area contributed by atoms with Crippen LogP contribution in [0.4, 0.5) is 8.78 Å². The number of fused-ring (bicyclic) bond motifs is 1. The normalized spacial score (nSPS) is 12.8. The maximum Gasteiger partial charge on any atom is 0.137 e. The van der Waals surface area contributed by atoms with Crippen LogP contribution in [0.3, 0.4) is 0 Å². The summed E-state index contributed by atoms with van der Waals surface area (Å²) in [6, 6.07) is 9.10. The second-order valence-corrected chi connectivity index (χ2v) is 4.55. The van der Waals surface area contributed by atoms with Crippen LogP contribution in [0.25, 0.3) is 5.65 Å². The van der Waals surface area contributed by atoms with Gasteiger partial charge < -0.3 is 9.51 Å². The Kier molecular flexibility index (Phi) is 3.20. The molecule has 3 aromatic rings. The first-order valence-electron chi connectivity index (χ1n) is 6.20. The van der Waals surface area contributed by atoms with E-state index in [-0.39, 0.29) is 12.0 Å². The van der Waals surface area contributed by atoms with Crippen LogP contribution < -0.4 is 0 Å². The van der Waals surface area contributed by atoms with Crippen molar-refractivity contribution in [1.82, 2.24) is 9.38 Å². The summed E-state index contributed by atoms with van der Waals surface area (Å²) in [7, 11) is 0. The van der Waals surface area contributed by atoms with E-state index in [2.05, 4.69) is 4.98 Å². The summed E-state index contributed by atoms with van der Waals surface area (Å²) in [6.45, 7) is 0. The van der Waals surface area contributed by atoms with Crippen molar-refractivity contribution in [2.24, 2.45) is 0 Å². The van der Waals surface area contributed by atoms with Crippen molar-refractivity contribution in [3.05, 3.63) is 71.7 Å². The summed E-state index contributed by atoms with van der Waals surface area (Å²) < 4.78 is 28.9. The van der Waals surface area contributed by atoms with Gasteiger partial charge in [-0.15, -0.1) is 0 Å². The topological polar surface area (TPSA) is 37.5 Å². The van der Waals surface area contributed by atoms with Crippen molar-refractivity contribution >= 4 is 5.65 Å². The number of aliphatic hydroxyl groups is 1. The molecular formula is C15H12F2N2O. The Morgan fingerprint density at radius 3 is 2.55 bits per heavy atom. The van der Waals surface area contributed by atoms with Crippen molar-refractivity contribution in [1.29, 1.82) is 0 Å². The zero-order valence-electron chi connectivity index (χ0n) is 10.5. The summed E-state index contributed by atoms with van der Waals surface area (Å²) in [5.74, 6) is -1.32. The highest BCUT2D eigenvalue weighted by Crippen LogP contribution is 2.22. The summed E-state index contributed by atoms with van der Waals surface area (Å²) in [5.41, 5.74) is 0.937. The first-order valence-corrected chi connectivity index (χ1v) is 6.20. The molecule has 2 aromatic heterocycles. The SMILES string of the molecule is OC(Cc1c(F)cccc1F)c1cn2ccccc2n1. The van der Waals surface area contributed by atoms with Crippen molar-refractivity contribution in [2.45, 2.75) is 12.5 Å². The standard InChI is InChI=1S/C15H12F2N2O/c16-11-4-3-5-12(17)10(11)8-14(20)13-9-19-7-2-1-6-15(19)18-13/h1-7,9,14,20H,8H2. The molecular weight excluding hydrogens is 262 g/mol. The molecule has 0 bridgehead atoms. The fraction of sp³-hybridized carbons (Fsp3) is 0.133. The van der Waals surface area contributed by atoms with Gasteiger partial charge in [0.05, 0.1) is 5.69 Å². The average molecular weight is 274 g/mol. The van der Waals surface area contributed by atoms with Crippen LogP contribution in [0.1, 0.15) is 17.4 Å². The van der Waals surface area contributed by atoms with E-state index >= 15 is 0 Å². The fourth-order valence-electron chi connectivity index (χ4n) is 2.14. The molecule has 102 valence electrons. The average Bonchev–Trinajstić information content (AvgIpc) is 2.87. The van der Waals surface area contributed by atoms with Gasteiger partial charge in [-0.1, -0.05) is 12.1 Å². The predicted molar refractivity (Wildman–Crippen MR) is 70.2 cm³/mol. The maximum absolute atomic E-state index is 13.6. The van der Waals surface area contributed by atoms with Crippen LogP contribution in [-0.4, -0.2) is 14.5 Å². The zero-order valence-corrected chi connectivity index (χ0v) is 10.5. The van der Waals surface area contributed by atoms with Crippen LogP contribution in [0.2, 0.25) is 0 Å². The van der Waals surface area contributed by atoms with Gasteiger partial charge in [-0.05, 0) is 24.3 Å². The van der Waals surface area contributed by atoms with Crippen molar-refractivity contribution in [3.8, 4) is 0 Å². The van der Waals surface area contributed by atoms with E-state index in [1.54, 1.807) is 22.9 Å². The van der Waals surface area contributed by atoms with Crippen LogP contribution in [-0.2, 0) is 6.42 Å². The highest BCUT2D eigenvalue weighted by atomic mass is 19.1. The van der Waals surface area contributed by atoms with Crippen LogP contribution >= 0.6 is 0 Å². The number of hydrogen-bond donors (Lipinski definition) is 1. The third kappa shape index (κ3) is 2.28. The van der Waals surface area contributed by atoms with E-state index in [1.165, 1.54) is 18.2 Å². The molecule has 0 saturated carbocycles. The first kappa shape index (κ1) is 12.7. The number of nitrogens with zero attached hydrogens (tertiary/aromatic N) is 2. The van der Waals surface area contributed by atoms with Gasteiger partial charge in [0.15, 0.2) is 0 Å². The Hall–Kier alpha value is -2.27. The van der Waals surface area contributed by atoms with E-state index in [0.29, 0.717) is 11.3 Å². The van der Waals surface area contributed by atoms with E-state index in [4.69, 9.17) is 0 Å². The van der Waals surface area contributed by atoms with Crippen LogP contribution in [0.5, 0.6) is 0 Å². The minimum absolute atomic E-state index is 0.128. The molecule has 3 nitrogen and oxygen atoms in total. The molecule has 1 atom stereocenters. The number of hydrogen-bond acceptors (Lipinski definition) is 2. The monoisotopic (exact) mass is 274 g/mol. The van der Waals surface area contributed by atoms with Crippen molar-refractivity contribution in [3.63, 3.8) is 0 Å². The minimum Gasteiger partial charge on any atom is -0.386 e. The van der Waals surface area contributed by atoms with E-state index < -0.39 is 17.7 Å². The van der Waals surface area contributed by atoms with E-state index in [1.807, 2.05) is 12.1 Å². The van der Waals surface area contributed by atoms with Gasteiger partial charge in [0.2, 0.25) is 0 Å². The summed E-state index contributed by atoms with van der Waals surface area (Å²) in [5, 5.41) is 10.1. The minimum atomic E-state index is -1.05. The second kappa shape index (κ2) is 5.02. The van der Waals surface area contributed by atoms with Crippen molar-refractivity contribution < 1.29 is 13.9 Å². The predicted octanol–water partition coefficient (Wildman–Crippen LogP) is 2.89. The number of imidazole rings is 1. The molecule has 0 aliphatic rings. The molecule has 5 heteroatoms. The molecule has 2 heterocycles. The molecule has 0 radical (unpaired) electrons. The molecule has 0 amide bonds. The van der Waals surface area contributed by atoms with Gasteiger partial charge in [-0.2, -0.15) is 0 Å². The Morgan fingerprint density at radius 1 is 1.10 bits per heavy atom. The van der Waals surface area contributed by atoms with Crippen LogP contribution in [0, 0.1) is 11.6 Å². The second-order valence-electron chi connectivity index (χ2n) is 4.55. The Morgan fingerprint density at radius 2 is 1.85 bits per heavy atom. The molecule has 0 fully saturated rings. The van der Waals surface area contributed by atoms with Crippen molar-refractivity contribution in [2.75, 3.05) is 0 Å². The lowest BCUT2D eigenvalue weighted by atomic mass is 10.1. The number of aliphatic hydroxyl groups excluding tert-OH is 1. The molecule has 1 unspecified atom stereocenters. The molecule has 20 heavy (non-hydrogen) atoms. The van der Waals surface area contributed by atoms with Gasteiger partial charge in [0.25, 0.3) is 0 Å². The zero-order chi connectivity index (χ0) is 14.1. The summed E-state index contributed by atoms with van der Waals surface area (Å²) in [4.78, 5) is 4.24. The Balaban J connectivity index is 1.91. The molecule has 0 aliphatic heterocycles. The van der Waals surface area contributed by atoms with Gasteiger partial charge in [-0.3, -0.25) is 0 Å². The number of halogens is 2. The number of benzene rings is 1. The van der Waals surface area contributed by atoms with Gasteiger partial charge in [0.1, 0.15) is 23.4 Å². The molecule has 1 N–H and O–H groups in total. The Bertz CT molecular complexity index is 701. The molecule has 0 aliphatic carbocycles. The van der Waals surface area contributed by atoms with E-state index in [9.17, 15) is 13.9 Å². The van der Waals surface area contributed by atoms with Gasteiger partial charge in [-0.25, -0.2) is 13.8 Å². The highest BCUT2D eigenvalue weighted by molar-refractivity contribution is 5.40. The number of aromatic nitrogens is 2. The largest absolute Gasteiger partial charge is 0.386 e. The fourth-order valence-corrected chi connectivity index (χ4v) is 2.14. The van der Waals surface area contributed by atoms with Crippen LogP contribution in [0.15, 0.2) is 48.8 Å². The third-order valence-corrected chi connectivity index (χ3v) is 3.18.